The molecule has 1 aromatic heterocycles. The standard InChI is InChI=1S/C17H17Cl2N3O2S2/c18-9-1-2-11(12(19)7-9)15-14-16(20-13(23)8-26-15)22(21-17(14)24)10-3-5-25-6-4-10/h1-2,7,10,15H,3-6,8H2,(H,20,23)(H,21,24)/t15-/m0/s1. The number of nitrogens with zero attached hydrogens (tertiary/aromatic N) is 1. The van der Waals surface area contributed by atoms with Crippen molar-refractivity contribution in [3.05, 3.63) is 49.7 Å². The van der Waals surface area contributed by atoms with E-state index in [1.54, 1.807) is 12.1 Å². The smallest absolute Gasteiger partial charge is 0.270 e. The molecule has 9 heteroatoms. The second kappa shape index (κ2) is 7.54. The zero-order valence-corrected chi connectivity index (χ0v) is 16.9. The topological polar surface area (TPSA) is 66.9 Å². The van der Waals surface area contributed by atoms with Crippen LogP contribution in [0.4, 0.5) is 5.82 Å². The van der Waals surface area contributed by atoms with E-state index in [1.165, 1.54) is 11.8 Å². The molecule has 0 bridgehead atoms. The van der Waals surface area contributed by atoms with Crippen LogP contribution in [0.1, 0.15) is 35.3 Å². The summed E-state index contributed by atoms with van der Waals surface area (Å²) in [7, 11) is 0. The van der Waals surface area contributed by atoms with Crippen LogP contribution >= 0.6 is 46.7 Å². The third-order valence-electron chi connectivity index (χ3n) is 4.66. The van der Waals surface area contributed by atoms with Crippen molar-refractivity contribution in [1.29, 1.82) is 0 Å². The molecular weight excluding hydrogens is 413 g/mol. The first-order chi connectivity index (χ1) is 12.5. The number of carbonyl (C=O) groups is 1. The number of nitrogens with one attached hydrogen (secondary N) is 2. The number of hydrogen-bond acceptors (Lipinski definition) is 4. The number of H-pyrrole nitrogens is 1. The van der Waals surface area contributed by atoms with Gasteiger partial charge >= 0.3 is 0 Å². The van der Waals surface area contributed by atoms with E-state index in [0.717, 1.165) is 29.9 Å². The minimum absolute atomic E-state index is 0.109. The van der Waals surface area contributed by atoms with Crippen LogP contribution in [0.2, 0.25) is 10.0 Å². The predicted molar refractivity (Wildman–Crippen MR) is 110 cm³/mol. The Kier molecular flexibility index (Phi) is 5.32. The molecule has 0 saturated carbocycles. The molecule has 0 radical (unpaired) electrons. The molecule has 5 nitrogen and oxygen atoms in total. The SMILES string of the molecule is O=C1CS[C@@H](c2ccc(Cl)cc2Cl)c2c(n(C3CCSCC3)[nH]c2=O)N1. The Balaban J connectivity index is 1.84. The fourth-order valence-corrected chi connectivity index (χ4v) is 6.25. The Hall–Kier alpha value is -1.02. The molecule has 1 atom stereocenters. The van der Waals surface area contributed by atoms with Gasteiger partial charge in [0.15, 0.2) is 0 Å². The molecule has 2 N–H and O–H groups in total. The Morgan fingerprint density at radius 1 is 1.15 bits per heavy atom. The third kappa shape index (κ3) is 3.42. The lowest BCUT2D eigenvalue weighted by Crippen LogP contribution is -2.22. The maximum atomic E-state index is 12.8. The van der Waals surface area contributed by atoms with Gasteiger partial charge in [-0.15, -0.1) is 11.8 Å². The molecule has 1 aromatic carbocycles. The Bertz CT molecular complexity index is 906. The van der Waals surface area contributed by atoms with Gasteiger partial charge in [-0.3, -0.25) is 19.4 Å². The largest absolute Gasteiger partial charge is 0.310 e. The quantitative estimate of drug-likeness (QED) is 0.745. The van der Waals surface area contributed by atoms with E-state index in [9.17, 15) is 9.59 Å². The molecule has 138 valence electrons. The molecule has 2 aromatic rings. The highest BCUT2D eigenvalue weighted by molar-refractivity contribution is 8.00. The summed E-state index contributed by atoms with van der Waals surface area (Å²) in [6.45, 7) is 0. The highest BCUT2D eigenvalue weighted by Gasteiger charge is 2.33. The number of rotatable bonds is 2. The van der Waals surface area contributed by atoms with Crippen LogP contribution in [0.25, 0.3) is 0 Å². The maximum absolute atomic E-state index is 12.8. The molecule has 1 fully saturated rings. The van der Waals surface area contributed by atoms with Gasteiger partial charge in [0.25, 0.3) is 5.56 Å². The lowest BCUT2D eigenvalue weighted by atomic mass is 10.1. The van der Waals surface area contributed by atoms with Crippen LogP contribution in [0, 0.1) is 0 Å². The minimum atomic E-state index is -0.323. The number of benzene rings is 1. The van der Waals surface area contributed by atoms with Gasteiger partial charge in [-0.05, 0) is 42.0 Å². The normalized spacial score (nSPS) is 21.2. The van der Waals surface area contributed by atoms with Crippen molar-refractivity contribution in [2.45, 2.75) is 24.1 Å². The summed E-state index contributed by atoms with van der Waals surface area (Å²) in [4.78, 5) is 25.1. The van der Waals surface area contributed by atoms with Gasteiger partial charge in [0, 0.05) is 10.0 Å². The van der Waals surface area contributed by atoms with Gasteiger partial charge in [0.2, 0.25) is 5.91 Å². The molecule has 0 unspecified atom stereocenters. The number of fused-ring (bicyclic) bond motifs is 1. The maximum Gasteiger partial charge on any atom is 0.270 e. The summed E-state index contributed by atoms with van der Waals surface area (Å²) in [6, 6.07) is 5.45. The number of aromatic amines is 1. The van der Waals surface area contributed by atoms with Gasteiger partial charge in [-0.2, -0.15) is 11.8 Å². The third-order valence-corrected chi connectivity index (χ3v) is 7.53. The number of carbonyl (C=O) groups excluding carboxylic acids is 1. The van der Waals surface area contributed by atoms with E-state index >= 15 is 0 Å². The van der Waals surface area contributed by atoms with Crippen LogP contribution in [0.15, 0.2) is 23.0 Å². The van der Waals surface area contributed by atoms with Crippen molar-refractivity contribution in [1.82, 2.24) is 9.78 Å². The zero-order chi connectivity index (χ0) is 18.3. The number of aromatic nitrogens is 2. The fraction of sp³-hybridized carbons (Fsp3) is 0.412. The molecule has 1 amide bonds. The monoisotopic (exact) mass is 429 g/mol. The van der Waals surface area contributed by atoms with E-state index in [0.29, 0.717) is 21.4 Å². The van der Waals surface area contributed by atoms with Gasteiger partial charge in [-0.25, -0.2) is 0 Å². The van der Waals surface area contributed by atoms with Crippen LogP contribution in [0.3, 0.4) is 0 Å². The van der Waals surface area contributed by atoms with E-state index in [1.807, 2.05) is 22.5 Å². The second-order valence-electron chi connectivity index (χ2n) is 6.32. The van der Waals surface area contributed by atoms with E-state index in [2.05, 4.69) is 10.4 Å². The van der Waals surface area contributed by atoms with Crippen molar-refractivity contribution in [3.63, 3.8) is 0 Å². The molecule has 2 aliphatic heterocycles. The van der Waals surface area contributed by atoms with Crippen molar-refractivity contribution in [2.24, 2.45) is 0 Å². The Morgan fingerprint density at radius 2 is 1.92 bits per heavy atom. The van der Waals surface area contributed by atoms with Crippen LogP contribution < -0.4 is 10.9 Å². The Labute approximate surface area is 169 Å². The number of hydrogen-bond donors (Lipinski definition) is 2. The van der Waals surface area contributed by atoms with Crippen LogP contribution in [-0.4, -0.2) is 32.9 Å². The van der Waals surface area contributed by atoms with Crippen molar-refractivity contribution in [2.75, 3.05) is 22.6 Å². The summed E-state index contributed by atoms with van der Waals surface area (Å²) >= 11 is 15.7. The lowest BCUT2D eigenvalue weighted by Gasteiger charge is -2.24. The molecule has 0 spiro atoms. The van der Waals surface area contributed by atoms with Crippen molar-refractivity contribution in [3.8, 4) is 0 Å². The summed E-state index contributed by atoms with van der Waals surface area (Å²) in [6.07, 6.45) is 1.94. The first kappa shape index (κ1) is 18.3. The lowest BCUT2D eigenvalue weighted by molar-refractivity contribution is -0.113. The summed E-state index contributed by atoms with van der Waals surface area (Å²) in [5.41, 5.74) is 1.17. The average Bonchev–Trinajstić information content (AvgIpc) is 2.83. The molecule has 3 heterocycles. The fourth-order valence-electron chi connectivity index (χ4n) is 3.42. The van der Waals surface area contributed by atoms with Crippen molar-refractivity contribution < 1.29 is 4.79 Å². The Morgan fingerprint density at radius 3 is 2.65 bits per heavy atom. The molecule has 2 aliphatic rings. The van der Waals surface area contributed by atoms with E-state index in [-0.39, 0.29) is 28.5 Å². The average molecular weight is 430 g/mol. The second-order valence-corrected chi connectivity index (χ2v) is 9.48. The van der Waals surface area contributed by atoms with Crippen molar-refractivity contribution >= 4 is 58.5 Å². The number of halogens is 2. The van der Waals surface area contributed by atoms with E-state index in [4.69, 9.17) is 23.2 Å². The van der Waals surface area contributed by atoms with Gasteiger partial charge in [0.1, 0.15) is 5.82 Å². The zero-order valence-electron chi connectivity index (χ0n) is 13.8. The van der Waals surface area contributed by atoms with Crippen LogP contribution in [-0.2, 0) is 4.79 Å². The molecule has 26 heavy (non-hydrogen) atoms. The molecule has 4 rings (SSSR count). The predicted octanol–water partition coefficient (Wildman–Crippen LogP) is 4.33. The van der Waals surface area contributed by atoms with Gasteiger partial charge in [-0.1, -0.05) is 29.3 Å². The summed E-state index contributed by atoms with van der Waals surface area (Å²) in [5, 5.41) is 6.61. The highest BCUT2D eigenvalue weighted by atomic mass is 35.5. The van der Waals surface area contributed by atoms with Gasteiger partial charge in [0.05, 0.1) is 22.6 Å². The first-order valence-corrected chi connectivity index (χ1v) is 11.3. The van der Waals surface area contributed by atoms with Crippen LogP contribution in [0.5, 0.6) is 0 Å². The molecule has 1 saturated heterocycles. The van der Waals surface area contributed by atoms with Gasteiger partial charge < -0.3 is 5.32 Å². The molecule has 0 aliphatic carbocycles. The molecular formula is C17H17Cl2N3O2S2. The first-order valence-electron chi connectivity index (χ1n) is 8.33. The number of amides is 1. The number of thioether (sulfide) groups is 2. The van der Waals surface area contributed by atoms with E-state index < -0.39 is 0 Å². The summed E-state index contributed by atoms with van der Waals surface area (Å²) < 4.78 is 1.86. The minimum Gasteiger partial charge on any atom is -0.310 e. The number of anilines is 1. The highest BCUT2D eigenvalue weighted by Crippen LogP contribution is 2.44. The summed E-state index contributed by atoms with van der Waals surface area (Å²) in [5.74, 6) is 2.83.